The number of benzene rings is 1. The van der Waals surface area contributed by atoms with Gasteiger partial charge in [0, 0.05) is 13.1 Å². The van der Waals surface area contributed by atoms with E-state index in [-0.39, 0.29) is 6.61 Å². The van der Waals surface area contributed by atoms with E-state index in [2.05, 4.69) is 41.8 Å². The number of hydrogen-bond donors (Lipinski definition) is 3. The molecule has 0 aliphatic heterocycles. The molecule has 0 radical (unpaired) electrons. The number of rotatable bonds is 8. The lowest BCUT2D eigenvalue weighted by Gasteiger charge is -2.06. The van der Waals surface area contributed by atoms with Crippen molar-refractivity contribution in [2.24, 2.45) is 0 Å². The normalized spacial score (nSPS) is 10.6. The molecule has 0 aliphatic rings. The van der Waals surface area contributed by atoms with Crippen LogP contribution in [0.15, 0.2) is 24.3 Å². The van der Waals surface area contributed by atoms with Crippen LogP contribution in [0.5, 0.6) is 0 Å². The van der Waals surface area contributed by atoms with Gasteiger partial charge in [-0.2, -0.15) is 0 Å². The molecule has 1 aromatic rings. The molecule has 0 amide bonds. The van der Waals surface area contributed by atoms with Crippen LogP contribution in [0.1, 0.15) is 17.5 Å². The Bertz CT molecular complexity index is 289. The molecular weight excluding hydrogens is 200 g/mol. The average molecular weight is 222 g/mol. The van der Waals surface area contributed by atoms with Crippen molar-refractivity contribution in [2.75, 3.05) is 26.2 Å². The molecule has 0 spiro atoms. The minimum Gasteiger partial charge on any atom is -0.395 e. The second-order valence-electron chi connectivity index (χ2n) is 3.99. The summed E-state index contributed by atoms with van der Waals surface area (Å²) in [7, 11) is 0. The molecule has 0 aromatic heterocycles. The van der Waals surface area contributed by atoms with E-state index in [9.17, 15) is 0 Å². The molecule has 0 fully saturated rings. The standard InChI is InChI=1S/C13H22N2O/c1-12-4-2-5-13(10-12)11-15-7-3-6-14-8-9-16/h2,4-5,10,14-16H,3,6-9,11H2,1H3. The maximum absolute atomic E-state index is 8.57. The largest absolute Gasteiger partial charge is 0.395 e. The molecule has 3 heteroatoms. The van der Waals surface area contributed by atoms with Gasteiger partial charge in [-0.1, -0.05) is 29.8 Å². The van der Waals surface area contributed by atoms with Gasteiger partial charge in [0.15, 0.2) is 0 Å². The predicted octanol–water partition coefficient (Wildman–Crippen LogP) is 1.06. The van der Waals surface area contributed by atoms with Crippen LogP contribution in [-0.4, -0.2) is 31.3 Å². The first-order valence-corrected chi connectivity index (χ1v) is 5.91. The summed E-state index contributed by atoms with van der Waals surface area (Å²) in [6.45, 7) is 5.92. The van der Waals surface area contributed by atoms with Crippen molar-refractivity contribution in [3.63, 3.8) is 0 Å². The fourth-order valence-electron chi connectivity index (χ4n) is 1.60. The van der Waals surface area contributed by atoms with Gasteiger partial charge in [0.05, 0.1) is 6.61 Å². The van der Waals surface area contributed by atoms with Crippen molar-refractivity contribution in [3.05, 3.63) is 35.4 Å². The first-order chi connectivity index (χ1) is 7.83. The first-order valence-electron chi connectivity index (χ1n) is 5.91. The lowest BCUT2D eigenvalue weighted by molar-refractivity contribution is 0.292. The van der Waals surface area contributed by atoms with E-state index in [1.807, 2.05) is 0 Å². The molecule has 0 bridgehead atoms. The Morgan fingerprint density at radius 2 is 1.94 bits per heavy atom. The molecule has 0 unspecified atom stereocenters. The van der Waals surface area contributed by atoms with E-state index < -0.39 is 0 Å². The maximum Gasteiger partial charge on any atom is 0.0555 e. The van der Waals surface area contributed by atoms with Gasteiger partial charge in [-0.25, -0.2) is 0 Å². The van der Waals surface area contributed by atoms with Crippen molar-refractivity contribution in [3.8, 4) is 0 Å². The molecule has 90 valence electrons. The summed E-state index contributed by atoms with van der Waals surface area (Å²) in [6.07, 6.45) is 1.09. The van der Waals surface area contributed by atoms with Gasteiger partial charge in [0.2, 0.25) is 0 Å². The van der Waals surface area contributed by atoms with Crippen LogP contribution >= 0.6 is 0 Å². The summed E-state index contributed by atoms with van der Waals surface area (Å²) >= 11 is 0. The molecule has 0 saturated heterocycles. The number of aliphatic hydroxyl groups is 1. The molecule has 0 atom stereocenters. The van der Waals surface area contributed by atoms with Crippen molar-refractivity contribution in [2.45, 2.75) is 19.9 Å². The Balaban J connectivity index is 2.03. The van der Waals surface area contributed by atoms with Gasteiger partial charge in [-0.05, 0) is 32.0 Å². The summed E-state index contributed by atoms with van der Waals surface area (Å²) < 4.78 is 0. The summed E-state index contributed by atoms with van der Waals surface area (Å²) in [4.78, 5) is 0. The van der Waals surface area contributed by atoms with Gasteiger partial charge >= 0.3 is 0 Å². The number of nitrogens with one attached hydrogen (secondary N) is 2. The first kappa shape index (κ1) is 13.2. The van der Waals surface area contributed by atoms with Crippen LogP contribution in [-0.2, 0) is 6.54 Å². The zero-order valence-corrected chi connectivity index (χ0v) is 10.00. The summed E-state index contributed by atoms with van der Waals surface area (Å²) in [5.74, 6) is 0. The van der Waals surface area contributed by atoms with Crippen LogP contribution in [0, 0.1) is 6.92 Å². The highest BCUT2D eigenvalue weighted by Gasteiger charge is 1.92. The van der Waals surface area contributed by atoms with Crippen LogP contribution in [0.2, 0.25) is 0 Å². The summed E-state index contributed by atoms with van der Waals surface area (Å²) in [5, 5.41) is 15.1. The summed E-state index contributed by atoms with van der Waals surface area (Å²) in [6, 6.07) is 8.55. The highest BCUT2D eigenvalue weighted by Crippen LogP contribution is 2.02. The zero-order chi connectivity index (χ0) is 11.6. The number of hydrogen-bond acceptors (Lipinski definition) is 3. The van der Waals surface area contributed by atoms with Crippen LogP contribution in [0.4, 0.5) is 0 Å². The minimum atomic E-state index is 0.219. The van der Waals surface area contributed by atoms with Gasteiger partial charge in [-0.15, -0.1) is 0 Å². The second-order valence-corrected chi connectivity index (χ2v) is 3.99. The van der Waals surface area contributed by atoms with Crippen molar-refractivity contribution in [1.29, 1.82) is 0 Å². The van der Waals surface area contributed by atoms with Gasteiger partial charge in [0.1, 0.15) is 0 Å². The van der Waals surface area contributed by atoms with E-state index >= 15 is 0 Å². The van der Waals surface area contributed by atoms with Gasteiger partial charge < -0.3 is 15.7 Å². The average Bonchev–Trinajstić information content (AvgIpc) is 2.28. The topological polar surface area (TPSA) is 44.3 Å². The lowest BCUT2D eigenvalue weighted by Crippen LogP contribution is -2.23. The van der Waals surface area contributed by atoms with E-state index in [0.717, 1.165) is 26.1 Å². The van der Waals surface area contributed by atoms with Crippen molar-refractivity contribution < 1.29 is 5.11 Å². The fourth-order valence-corrected chi connectivity index (χ4v) is 1.60. The van der Waals surface area contributed by atoms with E-state index in [4.69, 9.17) is 5.11 Å². The minimum absolute atomic E-state index is 0.219. The fraction of sp³-hybridized carbons (Fsp3) is 0.538. The zero-order valence-electron chi connectivity index (χ0n) is 10.00. The molecule has 1 rings (SSSR count). The molecule has 3 N–H and O–H groups in total. The Morgan fingerprint density at radius 1 is 1.12 bits per heavy atom. The Labute approximate surface area is 97.9 Å². The molecule has 0 aliphatic carbocycles. The van der Waals surface area contributed by atoms with Gasteiger partial charge in [-0.3, -0.25) is 0 Å². The van der Waals surface area contributed by atoms with Crippen molar-refractivity contribution >= 4 is 0 Å². The van der Waals surface area contributed by atoms with E-state index in [0.29, 0.717) is 6.54 Å². The van der Waals surface area contributed by atoms with Gasteiger partial charge in [0.25, 0.3) is 0 Å². The summed E-state index contributed by atoms with van der Waals surface area (Å²) in [5.41, 5.74) is 2.65. The number of aryl methyl sites for hydroxylation is 1. The Morgan fingerprint density at radius 3 is 2.69 bits per heavy atom. The monoisotopic (exact) mass is 222 g/mol. The predicted molar refractivity (Wildman–Crippen MR) is 67.5 cm³/mol. The maximum atomic E-state index is 8.57. The molecular formula is C13H22N2O. The lowest BCUT2D eigenvalue weighted by atomic mass is 10.1. The molecule has 1 aromatic carbocycles. The third kappa shape index (κ3) is 5.85. The van der Waals surface area contributed by atoms with Crippen LogP contribution < -0.4 is 10.6 Å². The molecule has 0 saturated carbocycles. The second kappa shape index (κ2) is 8.28. The SMILES string of the molecule is Cc1cccc(CNCCCNCCO)c1. The third-order valence-electron chi connectivity index (χ3n) is 2.41. The molecule has 16 heavy (non-hydrogen) atoms. The third-order valence-corrected chi connectivity index (χ3v) is 2.41. The van der Waals surface area contributed by atoms with E-state index in [1.54, 1.807) is 0 Å². The van der Waals surface area contributed by atoms with Crippen LogP contribution in [0.25, 0.3) is 0 Å². The van der Waals surface area contributed by atoms with Crippen LogP contribution in [0.3, 0.4) is 0 Å². The number of aliphatic hydroxyl groups excluding tert-OH is 1. The van der Waals surface area contributed by atoms with Crippen molar-refractivity contribution in [1.82, 2.24) is 10.6 Å². The highest BCUT2D eigenvalue weighted by molar-refractivity contribution is 5.21. The highest BCUT2D eigenvalue weighted by atomic mass is 16.3. The Hall–Kier alpha value is -0.900. The molecule has 3 nitrogen and oxygen atoms in total. The smallest absolute Gasteiger partial charge is 0.0555 e. The molecule has 0 heterocycles. The quantitative estimate of drug-likeness (QED) is 0.576. The Kier molecular flexibility index (Phi) is 6.81. The van der Waals surface area contributed by atoms with E-state index in [1.165, 1.54) is 11.1 Å².